The van der Waals surface area contributed by atoms with Gasteiger partial charge in [-0.3, -0.25) is 9.59 Å². The van der Waals surface area contributed by atoms with E-state index in [2.05, 4.69) is 0 Å². The molecule has 0 spiro atoms. The van der Waals surface area contributed by atoms with Crippen molar-refractivity contribution in [1.82, 2.24) is 0 Å². The highest BCUT2D eigenvalue weighted by atomic mass is 16.3. The van der Waals surface area contributed by atoms with Crippen molar-refractivity contribution in [2.45, 2.75) is 25.0 Å². The first-order valence-electron chi connectivity index (χ1n) is 4.45. The molecular formula is C10H10O4. The van der Waals surface area contributed by atoms with Gasteiger partial charge in [0.2, 0.25) is 0 Å². The Labute approximate surface area is 80.5 Å². The van der Waals surface area contributed by atoms with Gasteiger partial charge in [-0.05, 0) is 12.2 Å². The number of aliphatic hydroxyl groups excluding tert-OH is 2. The van der Waals surface area contributed by atoms with Crippen LogP contribution in [-0.4, -0.2) is 34.0 Å². The van der Waals surface area contributed by atoms with E-state index in [0.717, 1.165) is 0 Å². The Morgan fingerprint density at radius 1 is 1.14 bits per heavy atom. The molecule has 2 atom stereocenters. The molecule has 2 N–H and O–H groups in total. The summed E-state index contributed by atoms with van der Waals surface area (Å²) in [5, 5.41) is 18.9. The molecule has 2 rings (SSSR count). The lowest BCUT2D eigenvalue weighted by atomic mass is 9.81. The zero-order valence-electron chi connectivity index (χ0n) is 7.43. The lowest BCUT2D eigenvalue weighted by Crippen LogP contribution is -2.33. The third kappa shape index (κ3) is 1.32. The van der Waals surface area contributed by atoms with Crippen LogP contribution in [0.15, 0.2) is 23.3 Å². The van der Waals surface area contributed by atoms with Crippen LogP contribution in [0.5, 0.6) is 0 Å². The second-order valence-corrected chi connectivity index (χ2v) is 3.56. The first-order chi connectivity index (χ1) is 6.59. The smallest absolute Gasteiger partial charge is 0.184 e. The molecular weight excluding hydrogens is 184 g/mol. The van der Waals surface area contributed by atoms with Gasteiger partial charge >= 0.3 is 0 Å². The quantitative estimate of drug-likeness (QED) is 0.510. The standard InChI is InChI=1S/C10H10O4/c11-5-3-6-7(12)1-2-8(13)10(6)9(14)4-5/h1-2,5,9,11,14H,3-4H2. The van der Waals surface area contributed by atoms with Crippen LogP contribution in [0.4, 0.5) is 0 Å². The van der Waals surface area contributed by atoms with Gasteiger partial charge in [0, 0.05) is 24.0 Å². The summed E-state index contributed by atoms with van der Waals surface area (Å²) in [6.45, 7) is 0. The van der Waals surface area contributed by atoms with Crippen molar-refractivity contribution < 1.29 is 19.8 Å². The highest BCUT2D eigenvalue weighted by Gasteiger charge is 2.34. The van der Waals surface area contributed by atoms with E-state index in [0.29, 0.717) is 0 Å². The topological polar surface area (TPSA) is 74.6 Å². The van der Waals surface area contributed by atoms with Gasteiger partial charge in [0.05, 0.1) is 12.2 Å². The van der Waals surface area contributed by atoms with E-state index in [1.165, 1.54) is 12.2 Å². The van der Waals surface area contributed by atoms with E-state index in [4.69, 9.17) is 0 Å². The molecule has 4 nitrogen and oxygen atoms in total. The number of aliphatic hydroxyl groups is 2. The van der Waals surface area contributed by atoms with Gasteiger partial charge in [-0.15, -0.1) is 0 Å². The molecule has 0 aromatic rings. The first-order valence-corrected chi connectivity index (χ1v) is 4.45. The Kier molecular flexibility index (Phi) is 2.09. The summed E-state index contributed by atoms with van der Waals surface area (Å²) in [5.74, 6) is -0.601. The number of carbonyl (C=O) groups excluding carboxylic acids is 2. The Morgan fingerprint density at radius 2 is 1.79 bits per heavy atom. The second-order valence-electron chi connectivity index (χ2n) is 3.56. The van der Waals surface area contributed by atoms with Crippen LogP contribution in [0.25, 0.3) is 0 Å². The largest absolute Gasteiger partial charge is 0.393 e. The second kappa shape index (κ2) is 3.15. The number of hydrogen-bond donors (Lipinski definition) is 2. The molecule has 0 heterocycles. The maximum Gasteiger partial charge on any atom is 0.184 e. The minimum atomic E-state index is -1.00. The van der Waals surface area contributed by atoms with Gasteiger partial charge in [-0.1, -0.05) is 0 Å². The van der Waals surface area contributed by atoms with Crippen molar-refractivity contribution in [2.75, 3.05) is 0 Å². The third-order valence-electron chi connectivity index (χ3n) is 2.54. The molecule has 2 aliphatic carbocycles. The van der Waals surface area contributed by atoms with E-state index in [1.54, 1.807) is 0 Å². The fourth-order valence-electron chi connectivity index (χ4n) is 1.89. The van der Waals surface area contributed by atoms with Crippen LogP contribution in [0.3, 0.4) is 0 Å². The predicted molar refractivity (Wildman–Crippen MR) is 47.4 cm³/mol. The molecule has 0 saturated heterocycles. The van der Waals surface area contributed by atoms with E-state index < -0.39 is 12.2 Å². The highest BCUT2D eigenvalue weighted by Crippen LogP contribution is 2.29. The van der Waals surface area contributed by atoms with Crippen molar-refractivity contribution in [3.63, 3.8) is 0 Å². The number of rotatable bonds is 0. The molecule has 0 saturated carbocycles. The van der Waals surface area contributed by atoms with Crippen LogP contribution in [0.2, 0.25) is 0 Å². The van der Waals surface area contributed by atoms with Gasteiger partial charge < -0.3 is 10.2 Å². The third-order valence-corrected chi connectivity index (χ3v) is 2.54. The zero-order chi connectivity index (χ0) is 10.3. The van der Waals surface area contributed by atoms with Crippen LogP contribution in [0.1, 0.15) is 12.8 Å². The Morgan fingerprint density at radius 3 is 2.50 bits per heavy atom. The normalized spacial score (nSPS) is 32.1. The van der Waals surface area contributed by atoms with Gasteiger partial charge in [0.1, 0.15) is 0 Å². The molecule has 0 radical (unpaired) electrons. The van der Waals surface area contributed by atoms with E-state index in [1.807, 2.05) is 0 Å². The minimum absolute atomic E-state index is 0.131. The highest BCUT2D eigenvalue weighted by molar-refractivity contribution is 6.20. The maximum absolute atomic E-state index is 11.4. The van der Waals surface area contributed by atoms with Crippen LogP contribution >= 0.6 is 0 Å². The summed E-state index contributed by atoms with van der Waals surface area (Å²) in [7, 11) is 0. The van der Waals surface area contributed by atoms with Crippen LogP contribution in [0, 0.1) is 0 Å². The molecule has 0 amide bonds. The van der Waals surface area contributed by atoms with E-state index in [-0.39, 0.29) is 35.6 Å². The molecule has 2 aliphatic rings. The fourth-order valence-corrected chi connectivity index (χ4v) is 1.89. The average Bonchev–Trinajstić information content (AvgIpc) is 2.10. The SMILES string of the molecule is O=C1C=CC(=O)C2=C1CC(O)CC2O. The monoisotopic (exact) mass is 194 g/mol. The molecule has 2 unspecified atom stereocenters. The molecule has 0 fully saturated rings. The molecule has 0 aromatic heterocycles. The number of carbonyl (C=O) groups is 2. The maximum atomic E-state index is 11.4. The summed E-state index contributed by atoms with van der Waals surface area (Å²) < 4.78 is 0. The van der Waals surface area contributed by atoms with Crippen LogP contribution in [-0.2, 0) is 9.59 Å². The molecule has 74 valence electrons. The number of ketones is 2. The Bertz CT molecular complexity index is 364. The predicted octanol–water partition coefficient (Wildman–Crippen LogP) is -0.493. The lowest BCUT2D eigenvalue weighted by molar-refractivity contribution is -0.117. The van der Waals surface area contributed by atoms with Gasteiger partial charge in [0.15, 0.2) is 11.6 Å². The molecule has 14 heavy (non-hydrogen) atoms. The average molecular weight is 194 g/mol. The van der Waals surface area contributed by atoms with Gasteiger partial charge in [-0.2, -0.15) is 0 Å². The lowest BCUT2D eigenvalue weighted by Gasteiger charge is -2.27. The summed E-state index contributed by atoms with van der Waals surface area (Å²) in [6, 6.07) is 0. The zero-order valence-corrected chi connectivity index (χ0v) is 7.43. The van der Waals surface area contributed by atoms with Crippen molar-refractivity contribution in [1.29, 1.82) is 0 Å². The van der Waals surface area contributed by atoms with Crippen LogP contribution < -0.4 is 0 Å². The fraction of sp³-hybridized carbons (Fsp3) is 0.400. The Hall–Kier alpha value is -1.26. The minimum Gasteiger partial charge on any atom is -0.393 e. The van der Waals surface area contributed by atoms with E-state index in [9.17, 15) is 19.8 Å². The van der Waals surface area contributed by atoms with Crippen molar-refractivity contribution in [3.8, 4) is 0 Å². The summed E-state index contributed by atoms with van der Waals surface area (Å²) in [5.41, 5.74) is 0.437. The van der Waals surface area contributed by atoms with Crippen molar-refractivity contribution in [3.05, 3.63) is 23.3 Å². The molecule has 0 aromatic carbocycles. The molecule has 0 aliphatic heterocycles. The summed E-state index contributed by atoms with van der Waals surface area (Å²) in [4.78, 5) is 22.7. The molecule has 4 heteroatoms. The van der Waals surface area contributed by atoms with Crippen molar-refractivity contribution in [2.24, 2.45) is 0 Å². The van der Waals surface area contributed by atoms with Gasteiger partial charge in [0.25, 0.3) is 0 Å². The summed E-state index contributed by atoms with van der Waals surface area (Å²) in [6.07, 6.45) is 0.920. The first kappa shape index (κ1) is 9.30. The Balaban J connectivity index is 2.46. The number of allylic oxidation sites excluding steroid dienone is 2. The van der Waals surface area contributed by atoms with Crippen molar-refractivity contribution >= 4 is 11.6 Å². The van der Waals surface area contributed by atoms with Gasteiger partial charge in [-0.25, -0.2) is 0 Å². The summed E-state index contributed by atoms with van der Waals surface area (Å²) >= 11 is 0. The van der Waals surface area contributed by atoms with E-state index >= 15 is 0 Å². The molecule has 0 bridgehead atoms. The number of hydrogen-bond acceptors (Lipinski definition) is 4.